The number of benzene rings is 2. The molecule has 1 aromatic heterocycles. The molecule has 3 heterocycles. The van der Waals surface area contributed by atoms with Crippen LogP contribution < -0.4 is 10.5 Å². The van der Waals surface area contributed by atoms with E-state index in [1.54, 1.807) is 0 Å². The minimum absolute atomic E-state index is 0.249. The summed E-state index contributed by atoms with van der Waals surface area (Å²) in [6.07, 6.45) is 0. The van der Waals surface area contributed by atoms with Gasteiger partial charge in [0, 0.05) is 11.1 Å². The van der Waals surface area contributed by atoms with E-state index in [1.807, 2.05) is 66.2 Å². The van der Waals surface area contributed by atoms with Crippen LogP contribution in [0.2, 0.25) is 0 Å². The quantitative estimate of drug-likeness (QED) is 0.531. The summed E-state index contributed by atoms with van der Waals surface area (Å²) < 4.78 is 7.41. The van der Waals surface area contributed by atoms with E-state index >= 15 is 0 Å². The molecular weight excluding hydrogens is 346 g/mol. The lowest BCUT2D eigenvalue weighted by molar-refractivity contribution is -0.131. The number of nitrogens with two attached hydrogens (primary N) is 1. The summed E-state index contributed by atoms with van der Waals surface area (Å²) in [6.45, 7) is 1.97. The highest BCUT2D eigenvalue weighted by molar-refractivity contribution is 8.03. The van der Waals surface area contributed by atoms with Crippen LogP contribution in [-0.2, 0) is 4.79 Å². The first-order chi connectivity index (χ1) is 12.6. The lowest BCUT2D eigenvalue weighted by Crippen LogP contribution is -2.29. The van der Waals surface area contributed by atoms with Crippen LogP contribution in [0.3, 0.4) is 0 Å². The van der Waals surface area contributed by atoms with Crippen LogP contribution in [0.5, 0.6) is 5.75 Å². The topological polar surface area (TPSA) is 70.1 Å². The lowest BCUT2D eigenvalue weighted by atomic mass is 9.83. The van der Waals surface area contributed by atoms with E-state index in [1.165, 1.54) is 11.8 Å². The highest BCUT2D eigenvalue weighted by Gasteiger charge is 2.42. The van der Waals surface area contributed by atoms with E-state index in [2.05, 4.69) is 0 Å². The fourth-order valence-corrected chi connectivity index (χ4v) is 4.76. The summed E-state index contributed by atoms with van der Waals surface area (Å²) in [5.41, 5.74) is 10.6. The Morgan fingerprint density at radius 1 is 1.12 bits per heavy atom. The SMILES string of the molecule is Cc1nn(-c2ccccc2)c2c1[C@@H]1C(=C(N)S2)C(=O)Oc2ccccc21. The normalized spacial score (nSPS) is 18.0. The number of hydrogen-bond donors (Lipinski definition) is 1. The summed E-state index contributed by atoms with van der Waals surface area (Å²) in [4.78, 5) is 12.6. The van der Waals surface area contributed by atoms with Crippen molar-refractivity contribution in [1.82, 2.24) is 9.78 Å². The first kappa shape index (κ1) is 15.3. The van der Waals surface area contributed by atoms with Crippen LogP contribution in [0.25, 0.3) is 5.69 Å². The van der Waals surface area contributed by atoms with Gasteiger partial charge in [-0.3, -0.25) is 0 Å². The van der Waals surface area contributed by atoms with Gasteiger partial charge in [0.2, 0.25) is 0 Å². The Morgan fingerprint density at radius 2 is 1.85 bits per heavy atom. The van der Waals surface area contributed by atoms with E-state index in [9.17, 15) is 4.79 Å². The van der Waals surface area contributed by atoms with E-state index in [-0.39, 0.29) is 11.9 Å². The van der Waals surface area contributed by atoms with E-state index in [4.69, 9.17) is 15.6 Å². The molecule has 2 aliphatic heterocycles. The summed E-state index contributed by atoms with van der Waals surface area (Å²) in [6, 6.07) is 17.6. The molecule has 2 N–H and O–H groups in total. The largest absolute Gasteiger partial charge is 0.423 e. The van der Waals surface area contributed by atoms with Gasteiger partial charge in [0.15, 0.2) is 0 Å². The number of thioether (sulfide) groups is 1. The second-order valence-corrected chi connectivity index (χ2v) is 7.32. The molecule has 26 heavy (non-hydrogen) atoms. The van der Waals surface area contributed by atoms with Gasteiger partial charge >= 0.3 is 5.97 Å². The molecule has 1 atom stereocenters. The lowest BCUT2D eigenvalue weighted by Gasteiger charge is -2.31. The van der Waals surface area contributed by atoms with Gasteiger partial charge in [-0.1, -0.05) is 48.2 Å². The zero-order valence-electron chi connectivity index (χ0n) is 14.0. The molecule has 0 unspecified atom stereocenters. The number of para-hydroxylation sites is 2. The Bertz CT molecular complexity index is 1090. The van der Waals surface area contributed by atoms with Crippen LogP contribution in [0.4, 0.5) is 0 Å². The average molecular weight is 361 g/mol. The van der Waals surface area contributed by atoms with Crippen molar-refractivity contribution in [2.45, 2.75) is 17.9 Å². The molecule has 0 saturated carbocycles. The maximum absolute atomic E-state index is 12.6. The molecule has 0 bridgehead atoms. The molecule has 5 rings (SSSR count). The Morgan fingerprint density at radius 3 is 2.65 bits per heavy atom. The maximum Gasteiger partial charge on any atom is 0.343 e. The summed E-state index contributed by atoms with van der Waals surface area (Å²) in [7, 11) is 0. The Hall–Kier alpha value is -2.99. The zero-order chi connectivity index (χ0) is 17.8. The molecule has 0 aliphatic carbocycles. The van der Waals surface area contributed by atoms with E-state index < -0.39 is 0 Å². The van der Waals surface area contributed by atoms with Gasteiger partial charge in [0.1, 0.15) is 10.8 Å². The average Bonchev–Trinajstić information content (AvgIpc) is 2.98. The first-order valence-electron chi connectivity index (χ1n) is 8.28. The zero-order valence-corrected chi connectivity index (χ0v) is 14.8. The van der Waals surface area contributed by atoms with E-state index in [0.29, 0.717) is 16.4 Å². The Labute approximate surface area is 154 Å². The number of nitrogens with zero attached hydrogens (tertiary/aromatic N) is 2. The van der Waals surface area contributed by atoms with Crippen molar-refractivity contribution < 1.29 is 9.53 Å². The van der Waals surface area contributed by atoms with E-state index in [0.717, 1.165) is 27.5 Å². The number of ether oxygens (including phenoxy) is 1. The maximum atomic E-state index is 12.6. The van der Waals surface area contributed by atoms with Crippen molar-refractivity contribution in [3.63, 3.8) is 0 Å². The molecule has 0 fully saturated rings. The third-order valence-corrected chi connectivity index (χ3v) is 5.79. The third-order valence-electron chi connectivity index (χ3n) is 4.77. The molecule has 0 amide bonds. The standard InChI is InChI=1S/C20H15N3O2S/c1-11-15-16-13-9-5-6-10-14(13)25-20(24)17(16)18(21)26-19(15)23(22-11)12-7-3-2-4-8-12/h2-10,16H,21H2,1H3/t16-/m1/s1. The van der Waals surface area contributed by atoms with Gasteiger partial charge in [-0.25, -0.2) is 9.48 Å². The summed E-state index contributed by atoms with van der Waals surface area (Å²) >= 11 is 1.38. The number of aromatic nitrogens is 2. The van der Waals surface area contributed by atoms with Crippen molar-refractivity contribution in [3.8, 4) is 11.4 Å². The fraction of sp³-hybridized carbons (Fsp3) is 0.100. The van der Waals surface area contributed by atoms with Gasteiger partial charge in [-0.15, -0.1) is 0 Å². The van der Waals surface area contributed by atoms with Crippen molar-refractivity contribution >= 4 is 17.7 Å². The molecule has 0 spiro atoms. The fourth-order valence-electron chi connectivity index (χ4n) is 3.63. The van der Waals surface area contributed by atoms with Gasteiger partial charge in [0.05, 0.1) is 27.9 Å². The molecule has 128 valence electrons. The highest BCUT2D eigenvalue weighted by atomic mass is 32.2. The van der Waals surface area contributed by atoms with Crippen LogP contribution in [0.1, 0.15) is 22.7 Å². The van der Waals surface area contributed by atoms with Gasteiger partial charge in [0.25, 0.3) is 0 Å². The number of carbonyl (C=O) groups excluding carboxylic acids is 1. The molecule has 5 nitrogen and oxygen atoms in total. The third kappa shape index (κ3) is 2.05. The number of hydrogen-bond acceptors (Lipinski definition) is 5. The molecule has 2 aliphatic rings. The highest BCUT2D eigenvalue weighted by Crippen LogP contribution is 2.52. The van der Waals surface area contributed by atoms with Crippen molar-refractivity contribution in [1.29, 1.82) is 0 Å². The smallest absolute Gasteiger partial charge is 0.343 e. The van der Waals surface area contributed by atoms with Gasteiger partial charge in [-0.2, -0.15) is 5.10 Å². The number of aryl methyl sites for hydroxylation is 1. The van der Waals surface area contributed by atoms with Gasteiger partial charge in [-0.05, 0) is 25.1 Å². The summed E-state index contributed by atoms with van der Waals surface area (Å²) in [5, 5.41) is 6.17. The minimum Gasteiger partial charge on any atom is -0.423 e. The number of carbonyl (C=O) groups is 1. The molecule has 0 saturated heterocycles. The van der Waals surface area contributed by atoms with Crippen LogP contribution in [0, 0.1) is 6.92 Å². The molecule has 3 aromatic rings. The number of fused-ring (bicyclic) bond motifs is 5. The predicted octanol–water partition coefficient (Wildman–Crippen LogP) is 3.51. The molecule has 6 heteroatoms. The monoisotopic (exact) mass is 361 g/mol. The summed E-state index contributed by atoms with van der Waals surface area (Å²) in [5.74, 6) is -0.0406. The van der Waals surface area contributed by atoms with Gasteiger partial charge < -0.3 is 10.5 Å². The number of esters is 1. The Balaban J connectivity index is 1.79. The first-order valence-corrected chi connectivity index (χ1v) is 9.10. The minimum atomic E-state index is -0.379. The second-order valence-electron chi connectivity index (χ2n) is 6.29. The van der Waals surface area contributed by atoms with Crippen LogP contribution in [0.15, 0.2) is 70.2 Å². The second kappa shape index (κ2) is 5.51. The van der Waals surface area contributed by atoms with Crippen LogP contribution in [-0.4, -0.2) is 15.7 Å². The van der Waals surface area contributed by atoms with Crippen molar-refractivity contribution in [3.05, 3.63) is 82.0 Å². The number of rotatable bonds is 1. The van der Waals surface area contributed by atoms with Crippen molar-refractivity contribution in [2.75, 3.05) is 0 Å². The van der Waals surface area contributed by atoms with Crippen molar-refractivity contribution in [2.24, 2.45) is 5.73 Å². The molecule has 0 radical (unpaired) electrons. The Kier molecular flexibility index (Phi) is 3.24. The molecular formula is C20H15N3O2S. The molecule has 2 aromatic carbocycles. The predicted molar refractivity (Wildman–Crippen MR) is 99.3 cm³/mol. The van der Waals surface area contributed by atoms with Crippen LogP contribution >= 0.6 is 11.8 Å².